The molecule has 19 heavy (non-hydrogen) atoms. The number of anilines is 1. The van der Waals surface area contributed by atoms with Crippen LogP contribution in [0.5, 0.6) is 0 Å². The van der Waals surface area contributed by atoms with Crippen LogP contribution in [0.25, 0.3) is 0 Å². The summed E-state index contributed by atoms with van der Waals surface area (Å²) in [6.07, 6.45) is 2.97. The van der Waals surface area contributed by atoms with Crippen molar-refractivity contribution in [2.24, 2.45) is 5.73 Å². The van der Waals surface area contributed by atoms with Gasteiger partial charge in [0, 0.05) is 12.7 Å². The van der Waals surface area contributed by atoms with Crippen molar-refractivity contribution in [3.05, 3.63) is 53.3 Å². The van der Waals surface area contributed by atoms with E-state index >= 15 is 0 Å². The minimum atomic E-state index is -3.75. The van der Waals surface area contributed by atoms with Gasteiger partial charge in [-0.2, -0.15) is 0 Å². The molecule has 2 aromatic rings. The maximum atomic E-state index is 12.2. The second-order valence-electron chi connectivity index (χ2n) is 3.82. The number of sulfonamides is 1. The van der Waals surface area contributed by atoms with Crippen LogP contribution >= 0.6 is 11.6 Å². The molecule has 0 spiro atoms. The number of benzene rings is 1. The predicted octanol–water partition coefficient (Wildman–Crippen LogP) is 1.99. The molecule has 0 atom stereocenters. The molecule has 0 bridgehead atoms. The van der Waals surface area contributed by atoms with E-state index in [1.165, 1.54) is 18.3 Å². The molecule has 3 N–H and O–H groups in total. The molecule has 0 aliphatic heterocycles. The minimum absolute atomic E-state index is 0.000898. The van der Waals surface area contributed by atoms with Gasteiger partial charge in [0.15, 0.2) is 0 Å². The molecule has 1 aromatic carbocycles. The maximum Gasteiger partial charge on any atom is 0.263 e. The van der Waals surface area contributed by atoms with E-state index in [2.05, 4.69) is 9.71 Å². The summed E-state index contributed by atoms with van der Waals surface area (Å²) in [5.74, 6) is 0. The molecule has 0 saturated carbocycles. The third-order valence-electron chi connectivity index (χ3n) is 2.43. The predicted molar refractivity (Wildman–Crippen MR) is 74.4 cm³/mol. The van der Waals surface area contributed by atoms with Crippen LogP contribution in [0, 0.1) is 0 Å². The van der Waals surface area contributed by atoms with Crippen LogP contribution in [0.15, 0.2) is 47.6 Å². The van der Waals surface area contributed by atoms with E-state index in [0.29, 0.717) is 11.3 Å². The monoisotopic (exact) mass is 297 g/mol. The van der Waals surface area contributed by atoms with Gasteiger partial charge >= 0.3 is 0 Å². The molecule has 0 aliphatic rings. The van der Waals surface area contributed by atoms with Gasteiger partial charge < -0.3 is 5.73 Å². The van der Waals surface area contributed by atoms with Gasteiger partial charge in [-0.25, -0.2) is 8.42 Å². The number of nitrogens with one attached hydrogen (secondary N) is 1. The lowest BCUT2D eigenvalue weighted by Gasteiger charge is -2.10. The van der Waals surface area contributed by atoms with Crippen molar-refractivity contribution in [1.82, 2.24) is 4.98 Å². The molecule has 100 valence electrons. The van der Waals surface area contributed by atoms with E-state index in [0.717, 1.165) is 0 Å². The highest BCUT2D eigenvalue weighted by Gasteiger charge is 2.18. The van der Waals surface area contributed by atoms with Gasteiger partial charge in [0.1, 0.15) is 4.90 Å². The zero-order chi connectivity index (χ0) is 13.9. The SMILES string of the molecule is NCc1ccc(Cl)c(S(=O)(=O)Nc2cccnc2)c1. The van der Waals surface area contributed by atoms with Gasteiger partial charge in [0.2, 0.25) is 0 Å². The summed E-state index contributed by atoms with van der Waals surface area (Å²) in [4.78, 5) is 3.84. The number of aromatic nitrogens is 1. The first kappa shape index (κ1) is 13.8. The molecule has 0 unspecified atom stereocenters. The highest BCUT2D eigenvalue weighted by Crippen LogP contribution is 2.24. The van der Waals surface area contributed by atoms with Gasteiger partial charge in [0.25, 0.3) is 10.0 Å². The molecule has 1 heterocycles. The highest BCUT2D eigenvalue weighted by atomic mass is 35.5. The summed E-state index contributed by atoms with van der Waals surface area (Å²) in [7, 11) is -3.75. The van der Waals surface area contributed by atoms with Crippen LogP contribution < -0.4 is 10.5 Å². The fraction of sp³-hybridized carbons (Fsp3) is 0.0833. The quantitative estimate of drug-likeness (QED) is 0.904. The molecular formula is C12H12ClN3O2S. The van der Waals surface area contributed by atoms with Gasteiger partial charge in [-0.15, -0.1) is 0 Å². The Morgan fingerprint density at radius 2 is 2.11 bits per heavy atom. The number of hydrogen-bond acceptors (Lipinski definition) is 4. The first-order valence-electron chi connectivity index (χ1n) is 5.44. The molecule has 1 aromatic heterocycles. The largest absolute Gasteiger partial charge is 0.326 e. The number of nitrogens with two attached hydrogens (primary N) is 1. The van der Waals surface area contributed by atoms with Crippen LogP contribution in [-0.2, 0) is 16.6 Å². The molecule has 0 saturated heterocycles. The Labute approximate surface area is 116 Å². The van der Waals surface area contributed by atoms with Crippen molar-refractivity contribution in [3.63, 3.8) is 0 Å². The van der Waals surface area contributed by atoms with E-state index < -0.39 is 10.0 Å². The van der Waals surface area contributed by atoms with Crippen LogP contribution in [-0.4, -0.2) is 13.4 Å². The first-order chi connectivity index (χ1) is 9.03. The Kier molecular flexibility index (Phi) is 4.04. The molecule has 2 rings (SSSR count). The lowest BCUT2D eigenvalue weighted by Crippen LogP contribution is -2.14. The molecule has 7 heteroatoms. The number of rotatable bonds is 4. The Morgan fingerprint density at radius 3 is 2.74 bits per heavy atom. The number of hydrogen-bond donors (Lipinski definition) is 2. The standard InChI is InChI=1S/C12H12ClN3O2S/c13-11-4-3-9(7-14)6-12(11)19(17,18)16-10-2-1-5-15-8-10/h1-6,8,16H,7,14H2. The van der Waals surface area contributed by atoms with Crippen LogP contribution in [0.2, 0.25) is 5.02 Å². The van der Waals surface area contributed by atoms with Crippen molar-refractivity contribution in [1.29, 1.82) is 0 Å². The summed E-state index contributed by atoms with van der Waals surface area (Å²) in [5, 5.41) is 0.147. The number of nitrogens with zero attached hydrogens (tertiary/aromatic N) is 1. The van der Waals surface area contributed by atoms with E-state index in [1.54, 1.807) is 24.4 Å². The molecule has 0 amide bonds. The number of pyridine rings is 1. The summed E-state index contributed by atoms with van der Waals surface area (Å²) < 4.78 is 26.9. The van der Waals surface area contributed by atoms with E-state index in [1.807, 2.05) is 0 Å². The minimum Gasteiger partial charge on any atom is -0.326 e. The first-order valence-corrected chi connectivity index (χ1v) is 7.30. The van der Waals surface area contributed by atoms with Crippen molar-refractivity contribution >= 4 is 27.3 Å². The van der Waals surface area contributed by atoms with Crippen molar-refractivity contribution in [3.8, 4) is 0 Å². The Balaban J connectivity index is 2.39. The normalized spacial score (nSPS) is 11.3. The van der Waals surface area contributed by atoms with Crippen LogP contribution in [0.1, 0.15) is 5.56 Å². The average molecular weight is 298 g/mol. The van der Waals surface area contributed by atoms with E-state index in [9.17, 15) is 8.42 Å². The second-order valence-corrected chi connectivity index (χ2v) is 5.87. The summed E-state index contributed by atoms with van der Waals surface area (Å²) >= 11 is 5.93. The van der Waals surface area contributed by atoms with Crippen LogP contribution in [0.3, 0.4) is 0 Å². The van der Waals surface area contributed by atoms with Crippen molar-refractivity contribution in [2.45, 2.75) is 11.4 Å². The Hall–Kier alpha value is -1.63. The lowest BCUT2D eigenvalue weighted by atomic mass is 10.2. The average Bonchev–Trinajstić information content (AvgIpc) is 2.39. The van der Waals surface area contributed by atoms with Crippen LogP contribution in [0.4, 0.5) is 5.69 Å². The fourth-order valence-corrected chi connectivity index (χ4v) is 3.11. The highest BCUT2D eigenvalue weighted by molar-refractivity contribution is 7.92. The van der Waals surface area contributed by atoms with E-state index in [4.69, 9.17) is 17.3 Å². The van der Waals surface area contributed by atoms with Crippen molar-refractivity contribution in [2.75, 3.05) is 4.72 Å². The number of halogens is 1. The summed E-state index contributed by atoms with van der Waals surface area (Å²) in [5.41, 5.74) is 6.56. The second kappa shape index (κ2) is 5.56. The molecule has 5 nitrogen and oxygen atoms in total. The summed E-state index contributed by atoms with van der Waals surface area (Å²) in [6.45, 7) is 0.243. The molecule has 0 radical (unpaired) electrons. The molecular weight excluding hydrogens is 286 g/mol. The fourth-order valence-electron chi connectivity index (χ4n) is 1.51. The zero-order valence-corrected chi connectivity index (χ0v) is 11.4. The third kappa shape index (κ3) is 3.23. The third-order valence-corrected chi connectivity index (χ3v) is 4.30. The van der Waals surface area contributed by atoms with E-state index in [-0.39, 0.29) is 16.5 Å². The van der Waals surface area contributed by atoms with Gasteiger partial charge in [0.05, 0.1) is 16.9 Å². The van der Waals surface area contributed by atoms with Gasteiger partial charge in [-0.3, -0.25) is 9.71 Å². The smallest absolute Gasteiger partial charge is 0.263 e. The van der Waals surface area contributed by atoms with Gasteiger partial charge in [-0.05, 0) is 29.8 Å². The maximum absolute atomic E-state index is 12.2. The van der Waals surface area contributed by atoms with Gasteiger partial charge in [-0.1, -0.05) is 17.7 Å². The summed E-state index contributed by atoms with van der Waals surface area (Å²) in [6, 6.07) is 7.90. The van der Waals surface area contributed by atoms with Crippen molar-refractivity contribution < 1.29 is 8.42 Å². The Morgan fingerprint density at radius 1 is 1.32 bits per heavy atom. The Bertz CT molecular complexity index is 675. The zero-order valence-electron chi connectivity index (χ0n) is 9.88. The molecule has 0 aliphatic carbocycles. The lowest BCUT2D eigenvalue weighted by molar-refractivity contribution is 0.601. The topological polar surface area (TPSA) is 85.1 Å². The molecule has 0 fully saturated rings.